The second-order valence-corrected chi connectivity index (χ2v) is 6.61. The van der Waals surface area contributed by atoms with Gasteiger partial charge in [0.05, 0.1) is 6.61 Å². The van der Waals surface area contributed by atoms with Crippen molar-refractivity contribution in [1.29, 1.82) is 0 Å². The van der Waals surface area contributed by atoms with Crippen molar-refractivity contribution in [3.8, 4) is 0 Å². The van der Waals surface area contributed by atoms with Crippen molar-refractivity contribution in [2.24, 2.45) is 0 Å². The highest BCUT2D eigenvalue weighted by atomic mass is 16.5. The van der Waals surface area contributed by atoms with Crippen LogP contribution in [0, 0.1) is 0 Å². The molecular weight excluding hydrogens is 260 g/mol. The first kappa shape index (κ1) is 15.0. The minimum atomic E-state index is 0.580. The molecule has 0 saturated carbocycles. The molecule has 3 atom stereocenters. The number of rotatable bonds is 4. The minimum absolute atomic E-state index is 0.580. The Labute approximate surface area is 128 Å². The van der Waals surface area contributed by atoms with Crippen molar-refractivity contribution < 1.29 is 4.74 Å². The Kier molecular flexibility index (Phi) is 5.28. The zero-order chi connectivity index (χ0) is 14.5. The van der Waals surface area contributed by atoms with Crippen LogP contribution >= 0.6 is 0 Å². The fourth-order valence-corrected chi connectivity index (χ4v) is 3.63. The number of hydrogen-bond donors (Lipinski definition) is 1. The van der Waals surface area contributed by atoms with Crippen LogP contribution in [0.15, 0.2) is 30.3 Å². The van der Waals surface area contributed by atoms with Gasteiger partial charge in [-0.15, -0.1) is 0 Å². The van der Waals surface area contributed by atoms with Crippen molar-refractivity contribution in [3.63, 3.8) is 0 Å². The minimum Gasteiger partial charge on any atom is -0.380 e. The molecule has 0 bridgehead atoms. The van der Waals surface area contributed by atoms with E-state index in [0.29, 0.717) is 18.1 Å². The number of piperidine rings is 1. The lowest BCUT2D eigenvalue weighted by atomic mass is 9.96. The van der Waals surface area contributed by atoms with Crippen LogP contribution in [-0.2, 0) is 11.3 Å². The number of nitrogens with zero attached hydrogens (tertiary/aromatic N) is 1. The molecule has 1 aromatic carbocycles. The molecule has 3 nitrogen and oxygen atoms in total. The third kappa shape index (κ3) is 4.29. The number of ether oxygens (including phenoxy) is 1. The van der Waals surface area contributed by atoms with Gasteiger partial charge in [-0.1, -0.05) is 30.3 Å². The normalized spacial score (nSPS) is 31.2. The Morgan fingerprint density at radius 3 is 2.76 bits per heavy atom. The highest BCUT2D eigenvalue weighted by molar-refractivity contribution is 5.14. The molecule has 3 rings (SSSR count). The SMILES string of the molecule is C[C@@H]1C[C@H](N[C@H]2CCCOC2)CCN1Cc1ccccc1. The first-order chi connectivity index (χ1) is 10.3. The van der Waals surface area contributed by atoms with Crippen molar-refractivity contribution >= 4 is 0 Å². The number of hydrogen-bond acceptors (Lipinski definition) is 3. The average molecular weight is 288 g/mol. The summed E-state index contributed by atoms with van der Waals surface area (Å²) in [6.07, 6.45) is 5.00. The molecular formula is C18H28N2O. The first-order valence-corrected chi connectivity index (χ1v) is 8.43. The Balaban J connectivity index is 1.47. The average Bonchev–Trinajstić information content (AvgIpc) is 2.52. The van der Waals surface area contributed by atoms with Crippen molar-refractivity contribution in [3.05, 3.63) is 35.9 Å². The number of benzene rings is 1. The van der Waals surface area contributed by atoms with Gasteiger partial charge >= 0.3 is 0 Å². The maximum absolute atomic E-state index is 5.58. The summed E-state index contributed by atoms with van der Waals surface area (Å²) in [5, 5.41) is 3.82. The van der Waals surface area contributed by atoms with Crippen LogP contribution in [0.4, 0.5) is 0 Å². The van der Waals surface area contributed by atoms with Crippen molar-refractivity contribution in [2.75, 3.05) is 19.8 Å². The van der Waals surface area contributed by atoms with E-state index in [1.54, 1.807) is 0 Å². The number of likely N-dealkylation sites (tertiary alicyclic amines) is 1. The molecule has 2 fully saturated rings. The van der Waals surface area contributed by atoms with Gasteiger partial charge in [0, 0.05) is 37.8 Å². The summed E-state index contributed by atoms with van der Waals surface area (Å²) in [5.41, 5.74) is 1.43. The van der Waals surface area contributed by atoms with Gasteiger partial charge in [-0.25, -0.2) is 0 Å². The fraction of sp³-hybridized carbons (Fsp3) is 0.667. The van der Waals surface area contributed by atoms with E-state index < -0.39 is 0 Å². The summed E-state index contributed by atoms with van der Waals surface area (Å²) < 4.78 is 5.58. The third-order valence-corrected chi connectivity index (χ3v) is 4.87. The van der Waals surface area contributed by atoms with Crippen LogP contribution in [0.3, 0.4) is 0 Å². The Morgan fingerprint density at radius 2 is 2.05 bits per heavy atom. The van der Waals surface area contributed by atoms with Crippen molar-refractivity contribution in [1.82, 2.24) is 10.2 Å². The van der Waals surface area contributed by atoms with Crippen LogP contribution in [0.5, 0.6) is 0 Å². The van der Waals surface area contributed by atoms with Crippen LogP contribution in [0.2, 0.25) is 0 Å². The molecule has 2 aliphatic rings. The summed E-state index contributed by atoms with van der Waals surface area (Å²) in [5.74, 6) is 0. The van der Waals surface area contributed by atoms with E-state index in [2.05, 4.69) is 47.5 Å². The quantitative estimate of drug-likeness (QED) is 0.922. The van der Waals surface area contributed by atoms with E-state index in [1.807, 2.05) is 0 Å². The predicted octanol–water partition coefficient (Wildman–Crippen LogP) is 2.81. The Hall–Kier alpha value is -0.900. The smallest absolute Gasteiger partial charge is 0.0619 e. The van der Waals surface area contributed by atoms with Crippen LogP contribution < -0.4 is 5.32 Å². The molecule has 2 saturated heterocycles. The zero-order valence-corrected chi connectivity index (χ0v) is 13.1. The van der Waals surface area contributed by atoms with Gasteiger partial charge in [-0.05, 0) is 38.2 Å². The maximum atomic E-state index is 5.58. The van der Waals surface area contributed by atoms with Crippen molar-refractivity contribution in [2.45, 2.75) is 57.3 Å². The van der Waals surface area contributed by atoms with E-state index in [1.165, 1.54) is 37.8 Å². The van der Waals surface area contributed by atoms with Gasteiger partial charge in [0.25, 0.3) is 0 Å². The first-order valence-electron chi connectivity index (χ1n) is 8.43. The molecule has 1 aromatic rings. The highest BCUT2D eigenvalue weighted by Crippen LogP contribution is 2.21. The largest absolute Gasteiger partial charge is 0.380 e. The van der Waals surface area contributed by atoms with Crippen LogP contribution in [0.25, 0.3) is 0 Å². The number of nitrogens with one attached hydrogen (secondary N) is 1. The van der Waals surface area contributed by atoms with E-state index in [9.17, 15) is 0 Å². The molecule has 116 valence electrons. The van der Waals surface area contributed by atoms with Gasteiger partial charge in [-0.2, -0.15) is 0 Å². The molecule has 0 aliphatic carbocycles. The zero-order valence-electron chi connectivity index (χ0n) is 13.1. The van der Waals surface area contributed by atoms with Gasteiger partial charge in [0.2, 0.25) is 0 Å². The lowest BCUT2D eigenvalue weighted by Crippen LogP contribution is -2.51. The van der Waals surface area contributed by atoms with Crippen LogP contribution in [0.1, 0.15) is 38.2 Å². The third-order valence-electron chi connectivity index (χ3n) is 4.87. The fourth-order valence-electron chi connectivity index (χ4n) is 3.63. The summed E-state index contributed by atoms with van der Waals surface area (Å²) in [6.45, 7) is 6.50. The van der Waals surface area contributed by atoms with Gasteiger partial charge in [0.1, 0.15) is 0 Å². The topological polar surface area (TPSA) is 24.5 Å². The summed E-state index contributed by atoms with van der Waals surface area (Å²) in [6, 6.07) is 12.7. The van der Waals surface area contributed by atoms with E-state index in [-0.39, 0.29) is 0 Å². The monoisotopic (exact) mass is 288 g/mol. The maximum Gasteiger partial charge on any atom is 0.0619 e. The molecule has 0 unspecified atom stereocenters. The molecule has 1 N–H and O–H groups in total. The standard InChI is InChI=1S/C18H28N2O/c1-15-12-17(19-18-8-5-11-21-14-18)9-10-20(15)13-16-6-3-2-4-7-16/h2-4,6-7,15,17-19H,5,8-14H2,1H3/t15-,17-,18+/m1/s1. The Bertz CT molecular complexity index is 416. The molecule has 0 aromatic heterocycles. The van der Waals surface area contributed by atoms with E-state index >= 15 is 0 Å². The van der Waals surface area contributed by atoms with Gasteiger partial charge < -0.3 is 10.1 Å². The van der Waals surface area contributed by atoms with E-state index in [0.717, 1.165) is 19.8 Å². The molecule has 0 radical (unpaired) electrons. The summed E-state index contributed by atoms with van der Waals surface area (Å²) >= 11 is 0. The molecule has 2 heterocycles. The highest BCUT2D eigenvalue weighted by Gasteiger charge is 2.27. The predicted molar refractivity (Wildman–Crippen MR) is 86.3 cm³/mol. The summed E-state index contributed by atoms with van der Waals surface area (Å²) in [4.78, 5) is 2.62. The molecule has 0 amide bonds. The van der Waals surface area contributed by atoms with E-state index in [4.69, 9.17) is 4.74 Å². The molecule has 21 heavy (non-hydrogen) atoms. The van der Waals surface area contributed by atoms with Gasteiger partial charge in [0.15, 0.2) is 0 Å². The lowest BCUT2D eigenvalue weighted by molar-refractivity contribution is 0.0556. The summed E-state index contributed by atoms with van der Waals surface area (Å²) in [7, 11) is 0. The van der Waals surface area contributed by atoms with Gasteiger partial charge in [-0.3, -0.25) is 4.90 Å². The van der Waals surface area contributed by atoms with Crippen LogP contribution in [-0.4, -0.2) is 42.8 Å². The lowest BCUT2D eigenvalue weighted by Gasteiger charge is -2.40. The Morgan fingerprint density at radius 1 is 1.19 bits per heavy atom. The molecule has 3 heteroatoms. The molecule has 0 spiro atoms. The second-order valence-electron chi connectivity index (χ2n) is 6.61. The second kappa shape index (κ2) is 7.39. The molecule has 2 aliphatic heterocycles.